The Bertz CT molecular complexity index is 891. The fraction of sp³-hybridized carbons (Fsp3) is 0.176. The van der Waals surface area contributed by atoms with Crippen LogP contribution in [0.5, 0.6) is 0 Å². The standard InChI is InChI=1S/C17H18N6O/c1-11-9-16(20-19-11)17(24)21-18-10-15-12(2)22-23(13(15)3)14-7-5-4-6-8-14/h4-10H,1-3H3,(H,19,20)(H,21,24). The van der Waals surface area contributed by atoms with E-state index in [9.17, 15) is 4.79 Å². The van der Waals surface area contributed by atoms with Crippen molar-refractivity contribution in [1.82, 2.24) is 25.4 Å². The minimum Gasteiger partial charge on any atom is -0.282 e. The van der Waals surface area contributed by atoms with E-state index in [0.29, 0.717) is 5.69 Å². The maximum Gasteiger partial charge on any atom is 0.291 e. The maximum absolute atomic E-state index is 11.9. The van der Waals surface area contributed by atoms with Crippen LogP contribution in [-0.2, 0) is 0 Å². The summed E-state index contributed by atoms with van der Waals surface area (Å²) in [5.41, 5.74) is 7.24. The lowest BCUT2D eigenvalue weighted by Crippen LogP contribution is -2.18. The summed E-state index contributed by atoms with van der Waals surface area (Å²) < 4.78 is 1.86. The van der Waals surface area contributed by atoms with Crippen molar-refractivity contribution in [3.05, 3.63) is 64.7 Å². The van der Waals surface area contributed by atoms with Crippen molar-refractivity contribution in [2.75, 3.05) is 0 Å². The molecule has 0 aliphatic carbocycles. The van der Waals surface area contributed by atoms with Crippen LogP contribution in [0.2, 0.25) is 0 Å². The first-order chi connectivity index (χ1) is 11.6. The van der Waals surface area contributed by atoms with Gasteiger partial charge < -0.3 is 0 Å². The highest BCUT2D eigenvalue weighted by molar-refractivity contribution is 5.93. The molecule has 2 N–H and O–H groups in total. The maximum atomic E-state index is 11.9. The predicted molar refractivity (Wildman–Crippen MR) is 91.4 cm³/mol. The van der Waals surface area contributed by atoms with Gasteiger partial charge in [0.05, 0.1) is 23.3 Å². The SMILES string of the molecule is Cc1cc(C(=O)NN=Cc2c(C)nn(-c3ccccc3)c2C)n[nH]1. The van der Waals surface area contributed by atoms with Gasteiger partial charge in [0.25, 0.3) is 5.91 Å². The number of hydrogen-bond acceptors (Lipinski definition) is 4. The molecule has 7 nitrogen and oxygen atoms in total. The molecule has 0 bridgehead atoms. The second-order valence-corrected chi connectivity index (χ2v) is 5.47. The Morgan fingerprint density at radius 2 is 2.00 bits per heavy atom. The number of para-hydroxylation sites is 1. The Kier molecular flexibility index (Phi) is 4.24. The summed E-state index contributed by atoms with van der Waals surface area (Å²) in [6.45, 7) is 5.71. The van der Waals surface area contributed by atoms with Crippen LogP contribution in [0.25, 0.3) is 5.69 Å². The topological polar surface area (TPSA) is 88.0 Å². The van der Waals surface area contributed by atoms with E-state index < -0.39 is 0 Å². The highest BCUT2D eigenvalue weighted by atomic mass is 16.2. The number of hydrogen-bond donors (Lipinski definition) is 2. The third-order valence-electron chi connectivity index (χ3n) is 3.65. The number of aromatic amines is 1. The zero-order valence-electron chi connectivity index (χ0n) is 13.7. The number of aromatic nitrogens is 4. The molecule has 0 saturated carbocycles. The van der Waals surface area contributed by atoms with E-state index in [4.69, 9.17) is 0 Å². The average Bonchev–Trinajstić information content (AvgIpc) is 3.13. The molecule has 0 spiro atoms. The summed E-state index contributed by atoms with van der Waals surface area (Å²) in [7, 11) is 0. The Morgan fingerprint density at radius 1 is 1.25 bits per heavy atom. The smallest absolute Gasteiger partial charge is 0.282 e. The second kappa shape index (κ2) is 6.49. The number of amides is 1. The molecule has 0 atom stereocenters. The van der Waals surface area contributed by atoms with Crippen molar-refractivity contribution in [2.24, 2.45) is 5.10 Å². The third kappa shape index (κ3) is 3.10. The van der Waals surface area contributed by atoms with Crippen LogP contribution in [0.3, 0.4) is 0 Å². The van der Waals surface area contributed by atoms with Crippen molar-refractivity contribution >= 4 is 12.1 Å². The molecule has 122 valence electrons. The van der Waals surface area contributed by atoms with Gasteiger partial charge in [0.1, 0.15) is 0 Å². The molecule has 0 aliphatic rings. The van der Waals surface area contributed by atoms with Crippen LogP contribution < -0.4 is 5.43 Å². The van der Waals surface area contributed by atoms with E-state index in [-0.39, 0.29) is 5.91 Å². The summed E-state index contributed by atoms with van der Waals surface area (Å²) >= 11 is 0. The number of benzene rings is 1. The molecular weight excluding hydrogens is 304 g/mol. The number of nitrogens with zero attached hydrogens (tertiary/aromatic N) is 4. The van der Waals surface area contributed by atoms with Crippen molar-refractivity contribution < 1.29 is 4.79 Å². The first kappa shape index (κ1) is 15.7. The molecule has 0 radical (unpaired) electrons. The molecule has 0 aliphatic heterocycles. The molecule has 0 unspecified atom stereocenters. The van der Waals surface area contributed by atoms with Crippen molar-refractivity contribution in [3.8, 4) is 5.69 Å². The van der Waals surface area contributed by atoms with Crippen LogP contribution in [-0.4, -0.2) is 32.1 Å². The van der Waals surface area contributed by atoms with Crippen LogP contribution in [0, 0.1) is 20.8 Å². The van der Waals surface area contributed by atoms with Gasteiger partial charge in [-0.3, -0.25) is 9.89 Å². The van der Waals surface area contributed by atoms with Gasteiger partial charge in [0.15, 0.2) is 5.69 Å². The number of hydrazone groups is 1. The summed E-state index contributed by atoms with van der Waals surface area (Å²) in [5.74, 6) is -0.360. The van der Waals surface area contributed by atoms with Gasteiger partial charge in [-0.15, -0.1) is 0 Å². The molecule has 24 heavy (non-hydrogen) atoms. The molecule has 0 fully saturated rings. The average molecular weight is 322 g/mol. The molecule has 2 heterocycles. The van der Waals surface area contributed by atoms with Crippen molar-refractivity contribution in [2.45, 2.75) is 20.8 Å². The fourth-order valence-corrected chi connectivity index (χ4v) is 2.41. The zero-order valence-corrected chi connectivity index (χ0v) is 13.7. The third-order valence-corrected chi connectivity index (χ3v) is 3.65. The summed E-state index contributed by atoms with van der Waals surface area (Å²) in [4.78, 5) is 11.9. The molecule has 0 saturated heterocycles. The van der Waals surface area contributed by atoms with E-state index >= 15 is 0 Å². The first-order valence-electron chi connectivity index (χ1n) is 7.53. The van der Waals surface area contributed by atoms with Crippen LogP contribution >= 0.6 is 0 Å². The number of rotatable bonds is 4. The highest BCUT2D eigenvalue weighted by Crippen LogP contribution is 2.16. The fourth-order valence-electron chi connectivity index (χ4n) is 2.41. The summed E-state index contributed by atoms with van der Waals surface area (Å²) in [6, 6.07) is 11.5. The molecule has 7 heteroatoms. The molecular formula is C17H18N6O. The molecule has 3 rings (SSSR count). The first-order valence-corrected chi connectivity index (χ1v) is 7.53. The lowest BCUT2D eigenvalue weighted by atomic mass is 10.2. The van der Waals surface area contributed by atoms with Gasteiger partial charge in [-0.25, -0.2) is 10.1 Å². The zero-order chi connectivity index (χ0) is 17.1. The lowest BCUT2D eigenvalue weighted by molar-refractivity contribution is 0.0950. The van der Waals surface area contributed by atoms with E-state index in [0.717, 1.165) is 28.3 Å². The summed E-state index contributed by atoms with van der Waals surface area (Å²) in [5, 5.41) is 15.2. The van der Waals surface area contributed by atoms with Gasteiger partial charge in [-0.05, 0) is 39.0 Å². The molecule has 2 aromatic heterocycles. The van der Waals surface area contributed by atoms with E-state index in [1.165, 1.54) is 0 Å². The Labute approximate surface area is 139 Å². The van der Waals surface area contributed by atoms with Gasteiger partial charge in [0.2, 0.25) is 0 Å². The van der Waals surface area contributed by atoms with Crippen molar-refractivity contribution in [3.63, 3.8) is 0 Å². The minimum atomic E-state index is -0.360. The van der Waals surface area contributed by atoms with E-state index in [1.807, 2.05) is 55.8 Å². The Balaban J connectivity index is 1.78. The van der Waals surface area contributed by atoms with Gasteiger partial charge in [-0.1, -0.05) is 18.2 Å². The van der Waals surface area contributed by atoms with E-state index in [1.54, 1.807) is 12.3 Å². The Morgan fingerprint density at radius 3 is 2.67 bits per heavy atom. The predicted octanol–water partition coefficient (Wildman–Crippen LogP) is 2.28. The highest BCUT2D eigenvalue weighted by Gasteiger charge is 2.12. The summed E-state index contributed by atoms with van der Waals surface area (Å²) in [6.07, 6.45) is 1.61. The number of H-pyrrole nitrogens is 1. The number of carbonyl (C=O) groups is 1. The van der Waals surface area contributed by atoms with Crippen LogP contribution in [0.4, 0.5) is 0 Å². The van der Waals surface area contributed by atoms with Crippen LogP contribution in [0.15, 0.2) is 41.5 Å². The van der Waals surface area contributed by atoms with Gasteiger partial charge in [-0.2, -0.15) is 15.3 Å². The van der Waals surface area contributed by atoms with Gasteiger partial charge in [0, 0.05) is 11.3 Å². The number of nitrogens with one attached hydrogen (secondary N) is 2. The molecule has 1 aromatic carbocycles. The quantitative estimate of drug-likeness (QED) is 0.570. The van der Waals surface area contributed by atoms with Crippen molar-refractivity contribution in [1.29, 1.82) is 0 Å². The molecule has 1 amide bonds. The normalized spacial score (nSPS) is 11.1. The Hall–Kier alpha value is -3.22. The molecule has 3 aromatic rings. The monoisotopic (exact) mass is 322 g/mol. The lowest BCUT2D eigenvalue weighted by Gasteiger charge is -2.03. The second-order valence-electron chi connectivity index (χ2n) is 5.47. The minimum absolute atomic E-state index is 0.304. The van der Waals surface area contributed by atoms with E-state index in [2.05, 4.69) is 25.8 Å². The number of aryl methyl sites for hydroxylation is 2. The van der Waals surface area contributed by atoms with Crippen LogP contribution in [0.1, 0.15) is 33.1 Å². The van der Waals surface area contributed by atoms with Gasteiger partial charge >= 0.3 is 0 Å². The largest absolute Gasteiger partial charge is 0.291 e. The number of carbonyl (C=O) groups excluding carboxylic acids is 1.